The first-order chi connectivity index (χ1) is 7.25. The zero-order chi connectivity index (χ0) is 10.7. The quantitative estimate of drug-likeness (QED) is 0.802. The van der Waals surface area contributed by atoms with Crippen molar-refractivity contribution in [2.24, 2.45) is 11.7 Å². The van der Waals surface area contributed by atoms with Crippen molar-refractivity contribution in [3.63, 3.8) is 0 Å². The second-order valence-electron chi connectivity index (χ2n) is 4.40. The summed E-state index contributed by atoms with van der Waals surface area (Å²) < 4.78 is 0. The Kier molecular flexibility index (Phi) is 3.60. The van der Waals surface area contributed by atoms with E-state index in [9.17, 15) is 0 Å². The minimum atomic E-state index is 0.287. The summed E-state index contributed by atoms with van der Waals surface area (Å²) in [4.78, 5) is 4.07. The maximum absolute atomic E-state index is 6.19. The molecule has 0 spiro atoms. The molecule has 2 nitrogen and oxygen atoms in total. The van der Waals surface area contributed by atoms with E-state index in [1.54, 1.807) is 0 Å². The molecule has 15 heavy (non-hydrogen) atoms. The van der Waals surface area contributed by atoms with Gasteiger partial charge < -0.3 is 5.73 Å². The van der Waals surface area contributed by atoms with Gasteiger partial charge in [0.15, 0.2) is 0 Å². The third-order valence-electron chi connectivity index (χ3n) is 3.27. The van der Waals surface area contributed by atoms with Crippen LogP contribution in [0.15, 0.2) is 18.3 Å². The van der Waals surface area contributed by atoms with Crippen LogP contribution in [0.1, 0.15) is 31.2 Å². The van der Waals surface area contributed by atoms with E-state index in [4.69, 9.17) is 17.3 Å². The number of aromatic nitrogens is 1. The number of hydrogen-bond donors (Lipinski definition) is 1. The monoisotopic (exact) mass is 224 g/mol. The standard InChI is InChI=1S/C12H17ClN2/c13-12-6-5-9(8-15-12)7-11(14)10-3-1-2-4-10/h5-6,8,10-11H,1-4,7,14H2. The van der Waals surface area contributed by atoms with Crippen LogP contribution in [0.5, 0.6) is 0 Å². The topological polar surface area (TPSA) is 38.9 Å². The van der Waals surface area contributed by atoms with E-state index in [2.05, 4.69) is 4.98 Å². The van der Waals surface area contributed by atoms with Crippen molar-refractivity contribution < 1.29 is 0 Å². The maximum atomic E-state index is 6.19. The Bertz CT molecular complexity index is 304. The summed E-state index contributed by atoms with van der Waals surface area (Å²) in [5.74, 6) is 0.709. The van der Waals surface area contributed by atoms with Crippen LogP contribution in [-0.4, -0.2) is 11.0 Å². The van der Waals surface area contributed by atoms with Crippen LogP contribution < -0.4 is 5.73 Å². The average molecular weight is 225 g/mol. The van der Waals surface area contributed by atoms with Crippen molar-refractivity contribution in [3.8, 4) is 0 Å². The molecule has 82 valence electrons. The molecule has 1 fully saturated rings. The molecule has 2 rings (SSSR count). The highest BCUT2D eigenvalue weighted by molar-refractivity contribution is 6.29. The van der Waals surface area contributed by atoms with E-state index in [1.807, 2.05) is 18.3 Å². The number of nitrogens with zero attached hydrogens (tertiary/aromatic N) is 1. The van der Waals surface area contributed by atoms with Gasteiger partial charge in [-0.1, -0.05) is 30.5 Å². The summed E-state index contributed by atoms with van der Waals surface area (Å²) in [5, 5.41) is 0.549. The van der Waals surface area contributed by atoms with Crippen LogP contribution in [-0.2, 0) is 6.42 Å². The Balaban J connectivity index is 1.92. The molecule has 0 amide bonds. The molecule has 1 atom stereocenters. The molecule has 0 bridgehead atoms. The lowest BCUT2D eigenvalue weighted by Gasteiger charge is -2.18. The van der Waals surface area contributed by atoms with Crippen LogP contribution in [0.3, 0.4) is 0 Å². The number of halogens is 1. The Morgan fingerprint density at radius 1 is 1.40 bits per heavy atom. The van der Waals surface area contributed by atoms with E-state index in [-0.39, 0.29) is 6.04 Å². The summed E-state index contributed by atoms with van der Waals surface area (Å²) in [5.41, 5.74) is 7.38. The van der Waals surface area contributed by atoms with Gasteiger partial charge in [0.05, 0.1) is 0 Å². The van der Waals surface area contributed by atoms with Crippen LogP contribution in [0, 0.1) is 5.92 Å². The third kappa shape index (κ3) is 2.93. The summed E-state index contributed by atoms with van der Waals surface area (Å²) >= 11 is 5.73. The van der Waals surface area contributed by atoms with Crippen molar-refractivity contribution in [2.75, 3.05) is 0 Å². The molecule has 2 N–H and O–H groups in total. The van der Waals surface area contributed by atoms with Crippen molar-refractivity contribution in [1.82, 2.24) is 4.98 Å². The zero-order valence-electron chi connectivity index (χ0n) is 8.82. The lowest BCUT2D eigenvalue weighted by molar-refractivity contribution is 0.429. The number of hydrogen-bond acceptors (Lipinski definition) is 2. The van der Waals surface area contributed by atoms with Crippen molar-refractivity contribution in [1.29, 1.82) is 0 Å². The zero-order valence-corrected chi connectivity index (χ0v) is 9.58. The highest BCUT2D eigenvalue weighted by atomic mass is 35.5. The number of rotatable bonds is 3. The smallest absolute Gasteiger partial charge is 0.129 e. The first kappa shape index (κ1) is 10.9. The molecule has 0 saturated heterocycles. The van der Waals surface area contributed by atoms with Crippen LogP contribution in [0.4, 0.5) is 0 Å². The molecule has 1 aliphatic rings. The van der Waals surface area contributed by atoms with Crippen LogP contribution in [0.25, 0.3) is 0 Å². The van der Waals surface area contributed by atoms with Gasteiger partial charge in [0.25, 0.3) is 0 Å². The van der Waals surface area contributed by atoms with Crippen molar-refractivity contribution in [3.05, 3.63) is 29.0 Å². The predicted molar refractivity (Wildman–Crippen MR) is 62.9 cm³/mol. The lowest BCUT2D eigenvalue weighted by Crippen LogP contribution is -2.30. The first-order valence-corrected chi connectivity index (χ1v) is 5.99. The fourth-order valence-corrected chi connectivity index (χ4v) is 2.46. The molecule has 0 aromatic carbocycles. The van der Waals surface area contributed by atoms with Crippen LogP contribution in [0.2, 0.25) is 5.15 Å². The van der Waals surface area contributed by atoms with Crippen LogP contribution >= 0.6 is 11.6 Å². The molecular weight excluding hydrogens is 208 g/mol. The molecule has 0 aliphatic heterocycles. The lowest BCUT2D eigenvalue weighted by atomic mass is 9.94. The first-order valence-electron chi connectivity index (χ1n) is 5.62. The molecule has 1 unspecified atom stereocenters. The molecular formula is C12H17ClN2. The Labute approximate surface area is 95.8 Å². The Morgan fingerprint density at radius 3 is 2.73 bits per heavy atom. The fraction of sp³-hybridized carbons (Fsp3) is 0.583. The SMILES string of the molecule is NC(Cc1ccc(Cl)nc1)C1CCCC1. The molecule has 3 heteroatoms. The Morgan fingerprint density at radius 2 is 2.13 bits per heavy atom. The predicted octanol–water partition coefficient (Wildman–Crippen LogP) is 2.80. The minimum absolute atomic E-state index is 0.287. The highest BCUT2D eigenvalue weighted by Crippen LogP contribution is 2.28. The van der Waals surface area contributed by atoms with E-state index in [1.165, 1.54) is 31.2 Å². The number of nitrogens with two attached hydrogens (primary N) is 1. The van der Waals surface area contributed by atoms with Gasteiger partial charge in [0, 0.05) is 12.2 Å². The molecule has 1 saturated carbocycles. The summed E-state index contributed by atoms with van der Waals surface area (Å²) in [6.45, 7) is 0. The number of pyridine rings is 1. The van der Waals surface area contributed by atoms with Gasteiger partial charge in [-0.3, -0.25) is 0 Å². The summed E-state index contributed by atoms with van der Waals surface area (Å²) in [6, 6.07) is 4.14. The average Bonchev–Trinajstić information content (AvgIpc) is 2.74. The second kappa shape index (κ2) is 4.95. The molecule has 1 aromatic heterocycles. The largest absolute Gasteiger partial charge is 0.327 e. The summed E-state index contributed by atoms with van der Waals surface area (Å²) in [7, 11) is 0. The van der Waals surface area contributed by atoms with Gasteiger partial charge in [0.1, 0.15) is 5.15 Å². The minimum Gasteiger partial charge on any atom is -0.327 e. The van der Waals surface area contributed by atoms with Gasteiger partial charge in [-0.05, 0) is 36.8 Å². The molecule has 1 heterocycles. The maximum Gasteiger partial charge on any atom is 0.129 e. The Hall–Kier alpha value is -0.600. The summed E-state index contributed by atoms with van der Waals surface area (Å²) in [6.07, 6.45) is 8.03. The van der Waals surface area contributed by atoms with Gasteiger partial charge in [-0.15, -0.1) is 0 Å². The fourth-order valence-electron chi connectivity index (χ4n) is 2.35. The van der Waals surface area contributed by atoms with E-state index in [0.29, 0.717) is 11.1 Å². The van der Waals surface area contributed by atoms with Gasteiger partial charge in [-0.25, -0.2) is 4.98 Å². The van der Waals surface area contributed by atoms with Gasteiger partial charge in [0.2, 0.25) is 0 Å². The van der Waals surface area contributed by atoms with Gasteiger partial charge >= 0.3 is 0 Å². The highest BCUT2D eigenvalue weighted by Gasteiger charge is 2.21. The molecule has 1 aliphatic carbocycles. The van der Waals surface area contributed by atoms with Crippen molar-refractivity contribution in [2.45, 2.75) is 38.1 Å². The molecule has 1 aromatic rings. The third-order valence-corrected chi connectivity index (χ3v) is 3.49. The van der Waals surface area contributed by atoms with E-state index >= 15 is 0 Å². The molecule has 0 radical (unpaired) electrons. The second-order valence-corrected chi connectivity index (χ2v) is 4.79. The van der Waals surface area contributed by atoms with E-state index < -0.39 is 0 Å². The van der Waals surface area contributed by atoms with E-state index in [0.717, 1.165) is 6.42 Å². The van der Waals surface area contributed by atoms with Gasteiger partial charge in [-0.2, -0.15) is 0 Å². The van der Waals surface area contributed by atoms with Crippen molar-refractivity contribution >= 4 is 11.6 Å². The normalized spacial score (nSPS) is 19.3.